The van der Waals surface area contributed by atoms with E-state index in [9.17, 15) is 9.59 Å². The molecular formula is C25H34N4O2. The highest BCUT2D eigenvalue weighted by molar-refractivity contribution is 5.98. The number of aromatic amines is 1. The van der Waals surface area contributed by atoms with E-state index in [-0.39, 0.29) is 17.7 Å². The van der Waals surface area contributed by atoms with Crippen LogP contribution in [-0.4, -0.2) is 28.1 Å². The summed E-state index contributed by atoms with van der Waals surface area (Å²) in [5.74, 6) is 1.17. The molecule has 6 heteroatoms. The molecule has 2 aliphatic carbocycles. The van der Waals surface area contributed by atoms with Crippen LogP contribution in [0.2, 0.25) is 0 Å². The molecule has 0 unspecified atom stereocenters. The summed E-state index contributed by atoms with van der Waals surface area (Å²) in [6, 6.07) is 7.37. The van der Waals surface area contributed by atoms with Gasteiger partial charge < -0.3 is 10.6 Å². The van der Waals surface area contributed by atoms with E-state index in [0.29, 0.717) is 11.8 Å². The molecule has 0 saturated heterocycles. The number of amides is 2. The van der Waals surface area contributed by atoms with Gasteiger partial charge in [0, 0.05) is 22.4 Å². The van der Waals surface area contributed by atoms with Gasteiger partial charge in [0.1, 0.15) is 6.04 Å². The zero-order valence-electron chi connectivity index (χ0n) is 19.2. The fourth-order valence-electron chi connectivity index (χ4n) is 4.50. The van der Waals surface area contributed by atoms with E-state index in [2.05, 4.69) is 20.8 Å². The molecule has 31 heavy (non-hydrogen) atoms. The number of rotatable bonds is 7. The predicted octanol–water partition coefficient (Wildman–Crippen LogP) is 4.60. The normalized spacial score (nSPS) is 17.5. The molecule has 6 nitrogen and oxygen atoms in total. The van der Waals surface area contributed by atoms with Gasteiger partial charge in [-0.3, -0.25) is 14.7 Å². The molecule has 4 rings (SSSR count). The van der Waals surface area contributed by atoms with E-state index in [1.807, 2.05) is 58.9 Å². The number of benzene rings is 1. The number of hydrogen-bond acceptors (Lipinski definition) is 3. The zero-order chi connectivity index (χ0) is 22.3. The number of aromatic nitrogens is 2. The summed E-state index contributed by atoms with van der Waals surface area (Å²) in [5.41, 5.74) is 4.35. The van der Waals surface area contributed by atoms with Crippen LogP contribution in [0.3, 0.4) is 0 Å². The van der Waals surface area contributed by atoms with Crippen molar-refractivity contribution in [1.82, 2.24) is 15.5 Å². The van der Waals surface area contributed by atoms with Crippen LogP contribution in [0.25, 0.3) is 11.1 Å². The Kier molecular flexibility index (Phi) is 5.67. The minimum atomic E-state index is -0.530. The van der Waals surface area contributed by atoms with Gasteiger partial charge in [-0.05, 0) is 75.0 Å². The van der Waals surface area contributed by atoms with Crippen LogP contribution in [0.15, 0.2) is 24.3 Å². The molecule has 0 radical (unpaired) electrons. The number of aryl methyl sites for hydroxylation is 2. The Labute approximate surface area is 184 Å². The van der Waals surface area contributed by atoms with E-state index in [1.165, 1.54) is 0 Å². The average Bonchev–Trinajstić information content (AvgIpc) is 3.62. The van der Waals surface area contributed by atoms with Crippen molar-refractivity contribution in [2.45, 2.75) is 66.3 Å². The standard InChI is InChI=1S/C25H34N4O2/c1-14-20(15(2)29-28-14)16-10-12-19(13-11-16)26-23(30)22(27-24(31)25(3,4)5)21(17-6-7-17)18-8-9-18/h10-13,17-18,21-22H,6-9H2,1-5H3,(H,26,30)(H,27,31)(H,28,29)/t22-/m0/s1. The second-order valence-electron chi connectivity index (χ2n) is 10.3. The van der Waals surface area contributed by atoms with Gasteiger partial charge in [0.25, 0.3) is 0 Å². The lowest BCUT2D eigenvalue weighted by atomic mass is 9.87. The monoisotopic (exact) mass is 422 g/mol. The van der Waals surface area contributed by atoms with Crippen LogP contribution >= 0.6 is 0 Å². The number of carbonyl (C=O) groups is 2. The summed E-state index contributed by atoms with van der Waals surface area (Å²) in [6.07, 6.45) is 4.64. The average molecular weight is 423 g/mol. The van der Waals surface area contributed by atoms with Gasteiger partial charge >= 0.3 is 0 Å². The van der Waals surface area contributed by atoms with Crippen LogP contribution in [0.5, 0.6) is 0 Å². The first-order valence-corrected chi connectivity index (χ1v) is 11.4. The lowest BCUT2D eigenvalue weighted by molar-refractivity contribution is -0.133. The molecule has 2 amide bonds. The number of nitrogens with zero attached hydrogens (tertiary/aromatic N) is 1. The number of nitrogens with one attached hydrogen (secondary N) is 3. The number of anilines is 1. The minimum Gasteiger partial charge on any atom is -0.344 e. The second-order valence-corrected chi connectivity index (χ2v) is 10.3. The quantitative estimate of drug-likeness (QED) is 0.609. The van der Waals surface area contributed by atoms with Crippen molar-refractivity contribution in [2.24, 2.45) is 23.2 Å². The van der Waals surface area contributed by atoms with Gasteiger partial charge in [0.2, 0.25) is 11.8 Å². The summed E-state index contributed by atoms with van der Waals surface area (Å²) < 4.78 is 0. The Morgan fingerprint density at radius 2 is 1.61 bits per heavy atom. The van der Waals surface area contributed by atoms with E-state index in [4.69, 9.17) is 0 Å². The SMILES string of the molecule is Cc1n[nH]c(C)c1-c1ccc(NC(=O)[C@@H](NC(=O)C(C)(C)C)C(C2CC2)C2CC2)cc1. The maximum Gasteiger partial charge on any atom is 0.247 e. The highest BCUT2D eigenvalue weighted by Gasteiger charge is 2.48. The molecular weight excluding hydrogens is 388 g/mol. The number of hydrogen-bond donors (Lipinski definition) is 3. The molecule has 1 heterocycles. The van der Waals surface area contributed by atoms with Gasteiger partial charge in [-0.2, -0.15) is 5.10 Å². The first-order valence-electron chi connectivity index (χ1n) is 11.4. The Hall–Kier alpha value is -2.63. The minimum absolute atomic E-state index is 0.0693. The van der Waals surface area contributed by atoms with Crippen molar-refractivity contribution < 1.29 is 9.59 Å². The van der Waals surface area contributed by atoms with Crippen LogP contribution in [0.4, 0.5) is 5.69 Å². The maximum absolute atomic E-state index is 13.4. The summed E-state index contributed by atoms with van der Waals surface area (Å²) in [4.78, 5) is 26.1. The van der Waals surface area contributed by atoms with E-state index in [0.717, 1.165) is 53.9 Å². The zero-order valence-corrected chi connectivity index (χ0v) is 19.2. The number of H-pyrrole nitrogens is 1. The molecule has 0 aliphatic heterocycles. The fraction of sp³-hybridized carbons (Fsp3) is 0.560. The molecule has 0 bridgehead atoms. The number of carbonyl (C=O) groups excluding carboxylic acids is 2. The summed E-state index contributed by atoms with van der Waals surface area (Å²) in [7, 11) is 0. The third kappa shape index (κ3) is 4.83. The van der Waals surface area contributed by atoms with Gasteiger partial charge in [-0.25, -0.2) is 0 Å². The van der Waals surface area contributed by atoms with Crippen molar-refractivity contribution in [2.75, 3.05) is 5.32 Å². The van der Waals surface area contributed by atoms with Crippen molar-refractivity contribution >= 4 is 17.5 Å². The largest absolute Gasteiger partial charge is 0.344 e. The highest BCUT2D eigenvalue weighted by Crippen LogP contribution is 2.51. The molecule has 1 aromatic carbocycles. The molecule has 166 valence electrons. The van der Waals surface area contributed by atoms with Crippen molar-refractivity contribution in [1.29, 1.82) is 0 Å². The second kappa shape index (κ2) is 8.13. The Bertz CT molecular complexity index is 931. The topological polar surface area (TPSA) is 86.9 Å². The molecule has 3 N–H and O–H groups in total. The molecule has 2 saturated carbocycles. The Morgan fingerprint density at radius 3 is 2.06 bits per heavy atom. The maximum atomic E-state index is 13.4. The van der Waals surface area contributed by atoms with Gasteiger partial charge in [0.15, 0.2) is 0 Å². The van der Waals surface area contributed by atoms with Gasteiger partial charge in [0.05, 0.1) is 5.69 Å². The summed E-state index contributed by atoms with van der Waals surface area (Å²) in [6.45, 7) is 9.65. The lowest BCUT2D eigenvalue weighted by Gasteiger charge is -2.30. The van der Waals surface area contributed by atoms with Crippen LogP contribution < -0.4 is 10.6 Å². The van der Waals surface area contributed by atoms with Crippen LogP contribution in [0.1, 0.15) is 57.8 Å². The molecule has 2 aliphatic rings. The lowest BCUT2D eigenvalue weighted by Crippen LogP contribution is -2.52. The van der Waals surface area contributed by atoms with Crippen molar-refractivity contribution in [3.63, 3.8) is 0 Å². The van der Waals surface area contributed by atoms with E-state index >= 15 is 0 Å². The summed E-state index contributed by atoms with van der Waals surface area (Å²) >= 11 is 0. The van der Waals surface area contributed by atoms with Gasteiger partial charge in [-0.1, -0.05) is 32.9 Å². The molecule has 1 aromatic heterocycles. The third-order valence-electron chi connectivity index (χ3n) is 6.54. The van der Waals surface area contributed by atoms with E-state index in [1.54, 1.807) is 0 Å². The third-order valence-corrected chi connectivity index (χ3v) is 6.54. The first-order chi connectivity index (χ1) is 14.6. The predicted molar refractivity (Wildman–Crippen MR) is 122 cm³/mol. The molecule has 2 fully saturated rings. The van der Waals surface area contributed by atoms with Gasteiger partial charge in [-0.15, -0.1) is 0 Å². The molecule has 0 spiro atoms. The van der Waals surface area contributed by atoms with Crippen molar-refractivity contribution in [3.05, 3.63) is 35.7 Å². The summed E-state index contributed by atoms with van der Waals surface area (Å²) in [5, 5.41) is 13.5. The molecule has 1 atom stereocenters. The van der Waals surface area contributed by atoms with Crippen LogP contribution in [-0.2, 0) is 9.59 Å². The van der Waals surface area contributed by atoms with E-state index < -0.39 is 11.5 Å². The Balaban J connectivity index is 1.52. The first kappa shape index (κ1) is 21.6. The van der Waals surface area contributed by atoms with Crippen LogP contribution in [0, 0.1) is 37.0 Å². The fourth-order valence-corrected chi connectivity index (χ4v) is 4.50. The smallest absolute Gasteiger partial charge is 0.247 e. The van der Waals surface area contributed by atoms with Crippen molar-refractivity contribution in [3.8, 4) is 11.1 Å². The molecule has 2 aromatic rings. The Morgan fingerprint density at radius 1 is 1.03 bits per heavy atom. The highest BCUT2D eigenvalue weighted by atomic mass is 16.2.